The van der Waals surface area contributed by atoms with Crippen LogP contribution in [0.3, 0.4) is 0 Å². The lowest BCUT2D eigenvalue weighted by atomic mass is 10.1. The van der Waals surface area contributed by atoms with Crippen LogP contribution in [0.2, 0.25) is 0 Å². The SMILES string of the molecule is CCCCCCCCCc1[nH]ncc1O. The molecule has 0 aromatic carbocycles. The number of aromatic amines is 1. The normalized spacial score (nSPS) is 10.7. The first-order chi connectivity index (χ1) is 7.34. The molecule has 1 aromatic heterocycles. The zero-order chi connectivity index (χ0) is 10.9. The van der Waals surface area contributed by atoms with Crippen molar-refractivity contribution in [1.82, 2.24) is 10.2 Å². The number of nitrogens with zero attached hydrogens (tertiary/aromatic N) is 1. The highest BCUT2D eigenvalue weighted by atomic mass is 16.3. The maximum atomic E-state index is 9.33. The standard InChI is InChI=1S/C12H22N2O/c1-2-3-4-5-6-7-8-9-11-12(15)10-13-14-11/h10,15H,2-9H2,1H3,(H,13,14). The molecule has 0 spiro atoms. The molecule has 2 N–H and O–H groups in total. The molecule has 15 heavy (non-hydrogen) atoms. The smallest absolute Gasteiger partial charge is 0.156 e. The number of aryl methyl sites for hydroxylation is 1. The Kier molecular flexibility index (Phi) is 5.90. The Morgan fingerprint density at radius 3 is 2.40 bits per heavy atom. The minimum absolute atomic E-state index is 0.306. The second-order valence-corrected chi connectivity index (χ2v) is 4.11. The maximum absolute atomic E-state index is 9.33. The fourth-order valence-corrected chi connectivity index (χ4v) is 1.75. The minimum atomic E-state index is 0.306. The quantitative estimate of drug-likeness (QED) is 0.646. The summed E-state index contributed by atoms with van der Waals surface area (Å²) in [6, 6.07) is 0. The van der Waals surface area contributed by atoms with Crippen LogP contribution in [0, 0.1) is 0 Å². The average molecular weight is 210 g/mol. The zero-order valence-electron chi connectivity index (χ0n) is 9.63. The number of nitrogens with one attached hydrogen (secondary N) is 1. The Morgan fingerprint density at radius 2 is 1.80 bits per heavy atom. The monoisotopic (exact) mass is 210 g/mol. The van der Waals surface area contributed by atoms with Crippen LogP contribution in [0.4, 0.5) is 0 Å². The molecule has 0 bridgehead atoms. The van der Waals surface area contributed by atoms with E-state index in [1.54, 1.807) is 0 Å². The molecular weight excluding hydrogens is 188 g/mol. The van der Waals surface area contributed by atoms with E-state index >= 15 is 0 Å². The second-order valence-electron chi connectivity index (χ2n) is 4.11. The van der Waals surface area contributed by atoms with Crippen molar-refractivity contribution < 1.29 is 5.11 Å². The van der Waals surface area contributed by atoms with Crippen LogP contribution < -0.4 is 0 Å². The minimum Gasteiger partial charge on any atom is -0.504 e. The molecular formula is C12H22N2O. The third kappa shape index (κ3) is 4.86. The second kappa shape index (κ2) is 7.32. The van der Waals surface area contributed by atoms with Gasteiger partial charge in [0.1, 0.15) is 0 Å². The summed E-state index contributed by atoms with van der Waals surface area (Å²) in [5.74, 6) is 0.306. The van der Waals surface area contributed by atoms with Crippen LogP contribution in [0.5, 0.6) is 5.75 Å². The summed E-state index contributed by atoms with van der Waals surface area (Å²) >= 11 is 0. The Balaban J connectivity index is 1.96. The van der Waals surface area contributed by atoms with Gasteiger partial charge in [0.15, 0.2) is 5.75 Å². The van der Waals surface area contributed by atoms with Crippen molar-refractivity contribution in [3.63, 3.8) is 0 Å². The maximum Gasteiger partial charge on any atom is 0.156 e. The molecule has 1 heterocycles. The van der Waals surface area contributed by atoms with E-state index in [2.05, 4.69) is 17.1 Å². The van der Waals surface area contributed by atoms with Gasteiger partial charge < -0.3 is 5.11 Å². The van der Waals surface area contributed by atoms with Gasteiger partial charge in [0.25, 0.3) is 0 Å². The number of rotatable bonds is 8. The van der Waals surface area contributed by atoms with Gasteiger partial charge in [0.2, 0.25) is 0 Å². The highest BCUT2D eigenvalue weighted by Crippen LogP contribution is 2.15. The average Bonchev–Trinajstić information content (AvgIpc) is 2.63. The Bertz CT molecular complexity index is 258. The van der Waals surface area contributed by atoms with Gasteiger partial charge in [-0.15, -0.1) is 0 Å². The molecule has 3 heteroatoms. The van der Waals surface area contributed by atoms with Gasteiger partial charge in [-0.25, -0.2) is 0 Å². The molecule has 0 aliphatic rings. The fraction of sp³-hybridized carbons (Fsp3) is 0.750. The summed E-state index contributed by atoms with van der Waals surface area (Å²) < 4.78 is 0. The van der Waals surface area contributed by atoms with Crippen LogP contribution in [0.15, 0.2) is 6.20 Å². The van der Waals surface area contributed by atoms with Gasteiger partial charge in [-0.3, -0.25) is 5.10 Å². The molecule has 0 amide bonds. The summed E-state index contributed by atoms with van der Waals surface area (Å²) in [5.41, 5.74) is 0.878. The molecule has 1 rings (SSSR count). The fourth-order valence-electron chi connectivity index (χ4n) is 1.75. The molecule has 0 unspecified atom stereocenters. The molecule has 3 nitrogen and oxygen atoms in total. The molecule has 0 atom stereocenters. The number of H-pyrrole nitrogens is 1. The lowest BCUT2D eigenvalue weighted by Gasteiger charge is -2.00. The van der Waals surface area contributed by atoms with E-state index in [0.717, 1.165) is 18.5 Å². The molecule has 0 saturated heterocycles. The van der Waals surface area contributed by atoms with Crippen molar-refractivity contribution in [2.24, 2.45) is 0 Å². The third-order valence-corrected chi connectivity index (χ3v) is 2.73. The van der Waals surface area contributed by atoms with E-state index in [1.807, 2.05) is 0 Å². The number of aromatic nitrogens is 2. The van der Waals surface area contributed by atoms with Crippen molar-refractivity contribution in [2.75, 3.05) is 0 Å². The van der Waals surface area contributed by atoms with Crippen molar-refractivity contribution in [3.05, 3.63) is 11.9 Å². The van der Waals surface area contributed by atoms with Gasteiger partial charge in [0, 0.05) is 0 Å². The van der Waals surface area contributed by atoms with Crippen molar-refractivity contribution in [1.29, 1.82) is 0 Å². The summed E-state index contributed by atoms with van der Waals surface area (Å²) in [6.07, 6.45) is 11.5. The number of hydrogen-bond donors (Lipinski definition) is 2. The molecule has 0 radical (unpaired) electrons. The lowest BCUT2D eigenvalue weighted by molar-refractivity contribution is 0.466. The Morgan fingerprint density at radius 1 is 1.13 bits per heavy atom. The number of aromatic hydroxyl groups is 1. The summed E-state index contributed by atoms with van der Waals surface area (Å²) in [6.45, 7) is 2.24. The van der Waals surface area contributed by atoms with E-state index in [0.29, 0.717) is 5.75 Å². The number of hydrogen-bond acceptors (Lipinski definition) is 2. The van der Waals surface area contributed by atoms with Crippen molar-refractivity contribution >= 4 is 0 Å². The predicted octanol–water partition coefficient (Wildman–Crippen LogP) is 3.41. The van der Waals surface area contributed by atoms with Crippen molar-refractivity contribution in [3.8, 4) is 5.75 Å². The van der Waals surface area contributed by atoms with Gasteiger partial charge >= 0.3 is 0 Å². The zero-order valence-corrected chi connectivity index (χ0v) is 9.63. The Hall–Kier alpha value is -0.990. The predicted molar refractivity (Wildman–Crippen MR) is 61.9 cm³/mol. The first-order valence-corrected chi connectivity index (χ1v) is 6.05. The van der Waals surface area contributed by atoms with E-state index in [-0.39, 0.29) is 0 Å². The third-order valence-electron chi connectivity index (χ3n) is 2.73. The van der Waals surface area contributed by atoms with Gasteiger partial charge in [-0.1, -0.05) is 45.4 Å². The van der Waals surface area contributed by atoms with E-state index < -0.39 is 0 Å². The first-order valence-electron chi connectivity index (χ1n) is 6.05. The summed E-state index contributed by atoms with van der Waals surface area (Å²) in [7, 11) is 0. The molecule has 0 fully saturated rings. The van der Waals surface area contributed by atoms with Crippen LogP contribution in [0.1, 0.15) is 57.6 Å². The van der Waals surface area contributed by atoms with E-state index in [4.69, 9.17) is 0 Å². The molecule has 0 saturated carbocycles. The number of unbranched alkanes of at least 4 members (excludes halogenated alkanes) is 6. The van der Waals surface area contributed by atoms with E-state index in [1.165, 1.54) is 44.7 Å². The molecule has 0 aliphatic heterocycles. The highest BCUT2D eigenvalue weighted by molar-refractivity contribution is 5.21. The van der Waals surface area contributed by atoms with Gasteiger partial charge in [-0.2, -0.15) is 5.10 Å². The Labute approximate surface area is 91.9 Å². The lowest BCUT2D eigenvalue weighted by Crippen LogP contribution is -1.87. The van der Waals surface area contributed by atoms with Crippen LogP contribution >= 0.6 is 0 Å². The van der Waals surface area contributed by atoms with Crippen LogP contribution in [-0.4, -0.2) is 15.3 Å². The van der Waals surface area contributed by atoms with Crippen molar-refractivity contribution in [2.45, 2.75) is 58.3 Å². The topological polar surface area (TPSA) is 48.9 Å². The van der Waals surface area contributed by atoms with Crippen LogP contribution in [0.25, 0.3) is 0 Å². The molecule has 0 aliphatic carbocycles. The van der Waals surface area contributed by atoms with E-state index in [9.17, 15) is 5.11 Å². The van der Waals surface area contributed by atoms with Gasteiger partial charge in [-0.05, 0) is 12.8 Å². The van der Waals surface area contributed by atoms with Gasteiger partial charge in [0.05, 0.1) is 11.9 Å². The summed E-state index contributed by atoms with van der Waals surface area (Å²) in [4.78, 5) is 0. The largest absolute Gasteiger partial charge is 0.504 e. The molecule has 86 valence electrons. The molecule has 1 aromatic rings. The highest BCUT2D eigenvalue weighted by Gasteiger charge is 2.01. The first kappa shape index (κ1) is 12.1. The van der Waals surface area contributed by atoms with Crippen LogP contribution in [-0.2, 0) is 6.42 Å². The summed E-state index contributed by atoms with van der Waals surface area (Å²) in [5, 5.41) is 15.9.